The average molecular weight is 467 g/mol. The highest BCUT2D eigenvalue weighted by Gasteiger charge is 2.31. The maximum atomic E-state index is 12.4. The number of hydrazine groups is 2. The highest BCUT2D eigenvalue weighted by Crippen LogP contribution is 2.30. The van der Waals surface area contributed by atoms with Crippen molar-refractivity contribution in [2.45, 2.75) is 19.3 Å². The van der Waals surface area contributed by atoms with Crippen LogP contribution in [0.2, 0.25) is 0 Å². The Hall–Kier alpha value is -4.25. The van der Waals surface area contributed by atoms with Crippen LogP contribution in [0, 0.1) is 0 Å². The fourth-order valence-corrected chi connectivity index (χ4v) is 3.83. The number of nitrogen functional groups attached to an aromatic ring is 1. The van der Waals surface area contributed by atoms with Gasteiger partial charge in [-0.1, -0.05) is 30.3 Å². The lowest BCUT2D eigenvalue weighted by molar-refractivity contribution is -0.274. The lowest BCUT2D eigenvalue weighted by Crippen LogP contribution is -2.19. The van der Waals surface area contributed by atoms with Gasteiger partial charge >= 0.3 is 6.36 Å². The van der Waals surface area contributed by atoms with Gasteiger partial charge in [-0.2, -0.15) is 5.10 Å². The molecule has 34 heavy (non-hydrogen) atoms. The zero-order valence-corrected chi connectivity index (χ0v) is 17.7. The van der Waals surface area contributed by atoms with Crippen molar-refractivity contribution in [3.63, 3.8) is 0 Å². The second kappa shape index (κ2) is 8.60. The van der Waals surface area contributed by atoms with Crippen molar-refractivity contribution in [1.82, 2.24) is 20.3 Å². The Balaban J connectivity index is 1.29. The van der Waals surface area contributed by atoms with Crippen LogP contribution >= 0.6 is 0 Å². The number of nitrogens with zero attached hydrogens (tertiary/aromatic N) is 3. The Morgan fingerprint density at radius 3 is 2.59 bits per heavy atom. The number of nitrogens with two attached hydrogens (primary N) is 1. The number of fused-ring (bicyclic) bond motifs is 1. The summed E-state index contributed by atoms with van der Waals surface area (Å²) in [5.74, 6) is 0.825. The first-order valence-corrected chi connectivity index (χ1v) is 10.4. The Morgan fingerprint density at radius 2 is 1.79 bits per heavy atom. The van der Waals surface area contributed by atoms with E-state index >= 15 is 0 Å². The van der Waals surface area contributed by atoms with Gasteiger partial charge in [0.1, 0.15) is 11.6 Å². The summed E-state index contributed by atoms with van der Waals surface area (Å²) in [7, 11) is 0. The number of alkyl halides is 3. The van der Waals surface area contributed by atoms with Gasteiger partial charge in [0.2, 0.25) is 0 Å². The van der Waals surface area contributed by atoms with E-state index in [-0.39, 0.29) is 5.75 Å². The molecule has 8 nitrogen and oxygen atoms in total. The number of anilines is 3. The van der Waals surface area contributed by atoms with E-state index < -0.39 is 6.36 Å². The van der Waals surface area contributed by atoms with E-state index in [1.807, 2.05) is 47.4 Å². The first-order valence-electron chi connectivity index (χ1n) is 10.4. The maximum absolute atomic E-state index is 12.4. The molecule has 1 aliphatic heterocycles. The Labute approximate surface area is 192 Å². The molecule has 11 heteroatoms. The van der Waals surface area contributed by atoms with Crippen LogP contribution in [0.4, 0.5) is 30.5 Å². The van der Waals surface area contributed by atoms with Gasteiger partial charge in [0.25, 0.3) is 0 Å². The summed E-state index contributed by atoms with van der Waals surface area (Å²) in [6.45, 7) is 0.543. The summed E-state index contributed by atoms with van der Waals surface area (Å²) in [6, 6.07) is 15.4. The molecular formula is C23H20F3N7O. The fourth-order valence-electron chi connectivity index (χ4n) is 3.83. The quantitative estimate of drug-likeness (QED) is 0.335. The molecule has 5 rings (SSSR count). The molecule has 0 saturated carbocycles. The van der Waals surface area contributed by atoms with E-state index in [1.165, 1.54) is 12.1 Å². The standard InChI is InChI=1S/C23H20F3N7O/c24-23(25,26)34-19-6-4-16(5-7-19)17-3-1-2-14(8-17)12-33-13-15(11-28-33)9-18-10-20(27)29-22-21(18)30-32-31-22/h1-8,10-11,13,30,32H,9,12H2,(H3,27,29,31). The van der Waals surface area contributed by atoms with E-state index in [2.05, 4.69) is 31.2 Å². The molecule has 2 aromatic carbocycles. The summed E-state index contributed by atoms with van der Waals surface area (Å²) >= 11 is 0. The van der Waals surface area contributed by atoms with Crippen LogP contribution in [0.3, 0.4) is 0 Å². The van der Waals surface area contributed by atoms with Crippen molar-refractivity contribution in [2.24, 2.45) is 0 Å². The van der Waals surface area contributed by atoms with Gasteiger partial charge in [0, 0.05) is 12.6 Å². The van der Waals surface area contributed by atoms with E-state index in [0.29, 0.717) is 24.6 Å². The number of ether oxygens (including phenoxy) is 1. The molecule has 0 atom stereocenters. The van der Waals surface area contributed by atoms with E-state index in [9.17, 15) is 13.2 Å². The monoisotopic (exact) mass is 467 g/mol. The number of aromatic nitrogens is 3. The second-order valence-corrected chi connectivity index (χ2v) is 7.80. The zero-order valence-electron chi connectivity index (χ0n) is 17.7. The molecule has 0 aliphatic carbocycles. The largest absolute Gasteiger partial charge is 0.573 e. The number of rotatable bonds is 6. The van der Waals surface area contributed by atoms with Crippen molar-refractivity contribution in [2.75, 3.05) is 16.6 Å². The Bertz CT molecular complexity index is 1320. The van der Waals surface area contributed by atoms with Crippen molar-refractivity contribution in [3.8, 4) is 16.9 Å². The van der Waals surface area contributed by atoms with Gasteiger partial charge in [0.15, 0.2) is 5.82 Å². The molecule has 0 unspecified atom stereocenters. The molecule has 0 spiro atoms. The number of hydrogen-bond acceptors (Lipinski definition) is 7. The van der Waals surface area contributed by atoms with Crippen LogP contribution < -0.4 is 26.9 Å². The van der Waals surface area contributed by atoms with Crippen molar-refractivity contribution in [1.29, 1.82) is 0 Å². The predicted molar refractivity (Wildman–Crippen MR) is 122 cm³/mol. The molecule has 2 aromatic heterocycles. The molecule has 3 heterocycles. The van der Waals surface area contributed by atoms with Crippen LogP contribution in [0.5, 0.6) is 5.75 Å². The van der Waals surface area contributed by atoms with E-state index in [4.69, 9.17) is 5.73 Å². The third-order valence-corrected chi connectivity index (χ3v) is 5.26. The minimum Gasteiger partial charge on any atom is -0.406 e. The van der Waals surface area contributed by atoms with Crippen LogP contribution in [0.15, 0.2) is 67.0 Å². The average Bonchev–Trinajstić information content (AvgIpc) is 3.43. The molecule has 5 N–H and O–H groups in total. The fraction of sp³-hybridized carbons (Fsp3) is 0.130. The number of halogens is 3. The number of pyridine rings is 1. The van der Waals surface area contributed by atoms with Crippen LogP contribution in [-0.2, 0) is 13.0 Å². The van der Waals surface area contributed by atoms with Crippen LogP contribution in [-0.4, -0.2) is 21.1 Å². The smallest absolute Gasteiger partial charge is 0.406 e. The van der Waals surface area contributed by atoms with Gasteiger partial charge in [-0.25, -0.2) is 4.98 Å². The van der Waals surface area contributed by atoms with Gasteiger partial charge in [0.05, 0.1) is 18.4 Å². The number of nitrogens with one attached hydrogen (secondary N) is 3. The van der Waals surface area contributed by atoms with Gasteiger partial charge in [-0.3, -0.25) is 10.1 Å². The van der Waals surface area contributed by atoms with E-state index in [1.54, 1.807) is 12.1 Å². The highest BCUT2D eigenvalue weighted by atomic mass is 19.4. The molecule has 1 aliphatic rings. The van der Waals surface area contributed by atoms with Crippen molar-refractivity contribution in [3.05, 3.63) is 83.7 Å². The number of hydrogen-bond donors (Lipinski definition) is 4. The van der Waals surface area contributed by atoms with Crippen LogP contribution in [0.25, 0.3) is 11.1 Å². The maximum Gasteiger partial charge on any atom is 0.573 e. The number of benzene rings is 2. The normalized spacial score (nSPS) is 12.7. The molecular weight excluding hydrogens is 447 g/mol. The molecule has 0 saturated heterocycles. The summed E-state index contributed by atoms with van der Waals surface area (Å²) in [4.78, 5) is 4.23. The third-order valence-electron chi connectivity index (χ3n) is 5.26. The van der Waals surface area contributed by atoms with Gasteiger partial charge in [-0.05, 0) is 52.1 Å². The summed E-state index contributed by atoms with van der Waals surface area (Å²) in [5.41, 5.74) is 20.2. The summed E-state index contributed by atoms with van der Waals surface area (Å²) < 4.78 is 42.9. The minimum atomic E-state index is -4.71. The van der Waals surface area contributed by atoms with Crippen molar-refractivity contribution >= 4 is 17.3 Å². The lowest BCUT2D eigenvalue weighted by atomic mass is 10.0. The van der Waals surface area contributed by atoms with Gasteiger partial charge in [-0.15, -0.1) is 18.7 Å². The minimum absolute atomic E-state index is 0.250. The van der Waals surface area contributed by atoms with Crippen LogP contribution in [0.1, 0.15) is 16.7 Å². The molecule has 0 bridgehead atoms. The lowest BCUT2D eigenvalue weighted by Gasteiger charge is -2.10. The molecule has 0 amide bonds. The second-order valence-electron chi connectivity index (χ2n) is 7.80. The summed E-state index contributed by atoms with van der Waals surface area (Å²) in [6.07, 6.45) is -0.312. The zero-order chi connectivity index (χ0) is 23.7. The third kappa shape index (κ3) is 4.89. The summed E-state index contributed by atoms with van der Waals surface area (Å²) in [5, 5.41) is 4.47. The van der Waals surface area contributed by atoms with Gasteiger partial charge < -0.3 is 15.9 Å². The van der Waals surface area contributed by atoms with E-state index in [0.717, 1.165) is 33.5 Å². The first kappa shape index (κ1) is 21.6. The highest BCUT2D eigenvalue weighted by molar-refractivity contribution is 5.74. The first-order chi connectivity index (χ1) is 16.3. The molecule has 0 radical (unpaired) electrons. The Kier molecular flexibility index (Phi) is 5.46. The molecule has 0 fully saturated rings. The predicted octanol–water partition coefficient (Wildman–Crippen LogP) is 4.32. The molecule has 4 aromatic rings. The SMILES string of the molecule is Nc1cc(Cc2cnn(Cc3cccc(-c4ccc(OC(F)(F)F)cc4)c3)c2)c2c(n1)NNN2. The molecule has 174 valence electrons. The topological polar surface area (TPSA) is 102 Å². The van der Waals surface area contributed by atoms with Crippen molar-refractivity contribution < 1.29 is 17.9 Å². The Morgan fingerprint density at radius 1 is 0.971 bits per heavy atom.